The smallest absolute Gasteiger partial charge is 0.242 e. The van der Waals surface area contributed by atoms with Crippen LogP contribution in [-0.2, 0) is 16.0 Å². The lowest BCUT2D eigenvalue weighted by atomic mass is 10.2. The summed E-state index contributed by atoms with van der Waals surface area (Å²) in [6.45, 7) is 5.21. The number of oxazole rings is 1. The second-order valence-electron chi connectivity index (χ2n) is 5.94. The fourth-order valence-corrected chi connectivity index (χ4v) is 2.67. The maximum Gasteiger partial charge on any atom is 0.242 e. The highest BCUT2D eigenvalue weighted by Crippen LogP contribution is 2.22. The molecule has 0 saturated heterocycles. The fraction of sp³-hybridized carbons (Fsp3) is 0.421. The first-order chi connectivity index (χ1) is 12.4. The normalized spacial score (nSPS) is 10.6. The number of nitrogens with zero attached hydrogens (tertiary/aromatic N) is 3. The predicted molar refractivity (Wildman–Crippen MR) is 101 cm³/mol. The Morgan fingerprint density at radius 2 is 1.77 bits per heavy atom. The second kappa shape index (κ2) is 9.38. The number of rotatable bonds is 8. The van der Waals surface area contributed by atoms with E-state index in [9.17, 15) is 9.59 Å². The van der Waals surface area contributed by atoms with Gasteiger partial charge in [0, 0.05) is 43.6 Å². The molecular formula is C19H24ClN3O3. The Morgan fingerprint density at radius 3 is 2.38 bits per heavy atom. The van der Waals surface area contributed by atoms with Crippen molar-refractivity contribution < 1.29 is 14.0 Å². The Balaban J connectivity index is 1.87. The zero-order chi connectivity index (χ0) is 19.1. The molecule has 0 aliphatic rings. The summed E-state index contributed by atoms with van der Waals surface area (Å²) in [6, 6.07) is 7.27. The molecule has 2 amide bonds. The van der Waals surface area contributed by atoms with Crippen LogP contribution in [0.25, 0.3) is 11.3 Å². The van der Waals surface area contributed by atoms with Gasteiger partial charge in [0.15, 0.2) is 11.7 Å². The first-order valence-corrected chi connectivity index (χ1v) is 9.04. The third-order valence-electron chi connectivity index (χ3n) is 4.15. The van der Waals surface area contributed by atoms with E-state index in [2.05, 4.69) is 4.98 Å². The molecule has 0 unspecified atom stereocenters. The highest BCUT2D eigenvalue weighted by Gasteiger charge is 2.17. The van der Waals surface area contributed by atoms with Crippen LogP contribution in [0, 0.1) is 0 Å². The largest absolute Gasteiger partial charge is 0.441 e. The summed E-state index contributed by atoms with van der Waals surface area (Å²) in [7, 11) is 1.64. The zero-order valence-electron chi connectivity index (χ0n) is 15.4. The molecule has 0 spiro atoms. The molecule has 0 fully saturated rings. The molecular weight excluding hydrogens is 354 g/mol. The van der Waals surface area contributed by atoms with Crippen molar-refractivity contribution in [1.82, 2.24) is 14.8 Å². The molecule has 0 N–H and O–H groups in total. The Hall–Kier alpha value is -2.34. The number of carbonyl (C=O) groups is 2. The molecule has 0 saturated carbocycles. The van der Waals surface area contributed by atoms with Crippen LogP contribution in [0.5, 0.6) is 0 Å². The molecule has 0 radical (unpaired) electrons. The van der Waals surface area contributed by atoms with Crippen LogP contribution in [0.3, 0.4) is 0 Å². The molecule has 6 nitrogen and oxygen atoms in total. The van der Waals surface area contributed by atoms with E-state index in [0.29, 0.717) is 36.2 Å². The first-order valence-electron chi connectivity index (χ1n) is 8.67. The summed E-state index contributed by atoms with van der Waals surface area (Å²) in [5, 5.41) is 0.654. The molecule has 7 heteroatoms. The van der Waals surface area contributed by atoms with E-state index >= 15 is 0 Å². The predicted octanol–water partition coefficient (Wildman–Crippen LogP) is 3.25. The van der Waals surface area contributed by atoms with Crippen molar-refractivity contribution in [3.8, 4) is 11.3 Å². The van der Waals surface area contributed by atoms with Gasteiger partial charge in [-0.1, -0.05) is 11.6 Å². The summed E-state index contributed by atoms with van der Waals surface area (Å²) in [4.78, 5) is 31.7. The van der Waals surface area contributed by atoms with Crippen molar-refractivity contribution in [1.29, 1.82) is 0 Å². The number of hydrogen-bond acceptors (Lipinski definition) is 4. The lowest BCUT2D eigenvalue weighted by Crippen LogP contribution is -2.41. The number of likely N-dealkylation sites (N-methyl/N-ethyl adjacent to an activating group) is 2. The lowest BCUT2D eigenvalue weighted by molar-refractivity contribution is -0.139. The molecule has 2 aromatic rings. The SMILES string of the molecule is CCN(CC)C(=O)CN(C)C(=O)CCc1ncc(-c2ccc(Cl)cc2)o1. The van der Waals surface area contributed by atoms with Crippen LogP contribution < -0.4 is 0 Å². The number of aryl methyl sites for hydroxylation is 1. The Labute approximate surface area is 158 Å². The number of carbonyl (C=O) groups excluding carboxylic acids is 2. The molecule has 140 valence electrons. The molecule has 0 bridgehead atoms. The first kappa shape index (κ1) is 20.0. The average Bonchev–Trinajstić information content (AvgIpc) is 3.10. The van der Waals surface area contributed by atoms with Gasteiger partial charge in [0.2, 0.25) is 11.8 Å². The van der Waals surface area contributed by atoms with Gasteiger partial charge in [-0.3, -0.25) is 9.59 Å². The Kier molecular flexibility index (Phi) is 7.21. The lowest BCUT2D eigenvalue weighted by Gasteiger charge is -2.23. The van der Waals surface area contributed by atoms with Crippen molar-refractivity contribution in [3.63, 3.8) is 0 Å². The van der Waals surface area contributed by atoms with Crippen molar-refractivity contribution in [2.24, 2.45) is 0 Å². The molecule has 1 heterocycles. The topological polar surface area (TPSA) is 66.7 Å². The summed E-state index contributed by atoms with van der Waals surface area (Å²) in [6.07, 6.45) is 2.26. The van der Waals surface area contributed by atoms with E-state index < -0.39 is 0 Å². The van der Waals surface area contributed by atoms with Gasteiger partial charge in [0.25, 0.3) is 0 Å². The van der Waals surface area contributed by atoms with Gasteiger partial charge in [0.1, 0.15) is 0 Å². The van der Waals surface area contributed by atoms with Gasteiger partial charge in [-0.25, -0.2) is 4.98 Å². The zero-order valence-corrected chi connectivity index (χ0v) is 16.1. The van der Waals surface area contributed by atoms with E-state index in [1.165, 1.54) is 4.90 Å². The summed E-state index contributed by atoms with van der Waals surface area (Å²) >= 11 is 5.88. The van der Waals surface area contributed by atoms with Gasteiger partial charge in [0.05, 0.1) is 12.7 Å². The van der Waals surface area contributed by atoms with E-state index in [1.807, 2.05) is 26.0 Å². The Morgan fingerprint density at radius 1 is 1.12 bits per heavy atom. The van der Waals surface area contributed by atoms with E-state index in [0.717, 1.165) is 5.56 Å². The van der Waals surface area contributed by atoms with E-state index in [-0.39, 0.29) is 24.8 Å². The van der Waals surface area contributed by atoms with Crippen LogP contribution in [0.15, 0.2) is 34.9 Å². The third-order valence-corrected chi connectivity index (χ3v) is 4.40. The van der Waals surface area contributed by atoms with Crippen LogP contribution >= 0.6 is 11.6 Å². The monoisotopic (exact) mass is 377 g/mol. The second-order valence-corrected chi connectivity index (χ2v) is 6.38. The van der Waals surface area contributed by atoms with E-state index in [4.69, 9.17) is 16.0 Å². The van der Waals surface area contributed by atoms with Crippen LogP contribution in [0.1, 0.15) is 26.2 Å². The van der Waals surface area contributed by atoms with Gasteiger partial charge < -0.3 is 14.2 Å². The molecule has 0 atom stereocenters. The maximum absolute atomic E-state index is 12.2. The van der Waals surface area contributed by atoms with Crippen molar-refractivity contribution >= 4 is 23.4 Å². The van der Waals surface area contributed by atoms with Gasteiger partial charge in [-0.05, 0) is 38.1 Å². The Bertz CT molecular complexity index is 739. The number of halogens is 1. The van der Waals surface area contributed by atoms with Crippen LogP contribution in [-0.4, -0.2) is 53.3 Å². The van der Waals surface area contributed by atoms with Crippen LogP contribution in [0.2, 0.25) is 5.02 Å². The van der Waals surface area contributed by atoms with Gasteiger partial charge in [-0.2, -0.15) is 0 Å². The number of hydrogen-bond donors (Lipinski definition) is 0. The molecule has 2 rings (SSSR count). The molecule has 1 aromatic heterocycles. The van der Waals surface area contributed by atoms with Crippen molar-refractivity contribution in [3.05, 3.63) is 41.4 Å². The number of aromatic nitrogens is 1. The molecule has 26 heavy (non-hydrogen) atoms. The summed E-state index contributed by atoms with van der Waals surface area (Å²) < 4.78 is 5.69. The third kappa shape index (κ3) is 5.33. The highest BCUT2D eigenvalue weighted by atomic mass is 35.5. The number of benzene rings is 1. The minimum atomic E-state index is -0.114. The molecule has 1 aromatic carbocycles. The van der Waals surface area contributed by atoms with Gasteiger partial charge in [-0.15, -0.1) is 0 Å². The maximum atomic E-state index is 12.2. The standard InChI is InChI=1S/C19H24ClN3O3/c1-4-23(5-2)19(25)13-22(3)18(24)11-10-17-21-12-16(26-17)14-6-8-15(20)9-7-14/h6-9,12H,4-5,10-11,13H2,1-3H3. The van der Waals surface area contributed by atoms with Crippen molar-refractivity contribution in [2.75, 3.05) is 26.7 Å². The summed E-state index contributed by atoms with van der Waals surface area (Å²) in [5.41, 5.74) is 0.876. The minimum Gasteiger partial charge on any atom is -0.441 e. The van der Waals surface area contributed by atoms with Crippen molar-refractivity contribution in [2.45, 2.75) is 26.7 Å². The van der Waals surface area contributed by atoms with E-state index in [1.54, 1.807) is 30.3 Å². The van der Waals surface area contributed by atoms with Crippen LogP contribution in [0.4, 0.5) is 0 Å². The summed E-state index contributed by atoms with van der Waals surface area (Å²) in [5.74, 6) is 0.963. The fourth-order valence-electron chi connectivity index (χ4n) is 2.55. The molecule has 0 aliphatic heterocycles. The average molecular weight is 378 g/mol. The minimum absolute atomic E-state index is 0.0491. The highest BCUT2D eigenvalue weighted by molar-refractivity contribution is 6.30. The molecule has 0 aliphatic carbocycles. The number of amides is 2. The van der Waals surface area contributed by atoms with Gasteiger partial charge >= 0.3 is 0 Å². The quantitative estimate of drug-likeness (QED) is 0.708.